The van der Waals surface area contributed by atoms with Crippen molar-refractivity contribution < 1.29 is 24.2 Å². The van der Waals surface area contributed by atoms with E-state index in [2.05, 4.69) is 5.32 Å². The summed E-state index contributed by atoms with van der Waals surface area (Å²) in [5.74, 6) is -1.27. The zero-order valence-electron chi connectivity index (χ0n) is 10.0. The molecule has 17 heavy (non-hydrogen) atoms. The van der Waals surface area contributed by atoms with Crippen molar-refractivity contribution in [2.45, 2.75) is 31.2 Å². The van der Waals surface area contributed by atoms with Crippen LogP contribution in [0.2, 0.25) is 0 Å². The Labute approximate surface area is 100 Å². The number of carbonyl (C=O) groups is 2. The summed E-state index contributed by atoms with van der Waals surface area (Å²) in [7, 11) is 1.61. The molecule has 0 aromatic rings. The normalized spacial score (nSPS) is 23.6. The lowest BCUT2D eigenvalue weighted by Crippen LogP contribution is -2.55. The maximum Gasteiger partial charge on any atom is 0.331 e. The van der Waals surface area contributed by atoms with E-state index in [0.29, 0.717) is 32.5 Å². The van der Waals surface area contributed by atoms with Crippen molar-refractivity contribution in [3.63, 3.8) is 0 Å². The van der Waals surface area contributed by atoms with Crippen LogP contribution in [-0.4, -0.2) is 49.5 Å². The van der Waals surface area contributed by atoms with E-state index >= 15 is 0 Å². The summed E-state index contributed by atoms with van der Waals surface area (Å²) < 4.78 is 9.92. The molecule has 1 atom stereocenters. The molecular formula is C11H19NO5. The van der Waals surface area contributed by atoms with E-state index in [1.165, 1.54) is 0 Å². The predicted octanol–water partition coefficient (Wildman–Crippen LogP) is 0.163. The number of amides is 1. The van der Waals surface area contributed by atoms with Crippen LogP contribution < -0.4 is 5.32 Å². The molecule has 6 heteroatoms. The minimum atomic E-state index is -1.22. The van der Waals surface area contributed by atoms with Gasteiger partial charge in [-0.15, -0.1) is 0 Å². The lowest BCUT2D eigenvalue weighted by Gasteiger charge is -2.23. The molecule has 1 saturated heterocycles. The summed E-state index contributed by atoms with van der Waals surface area (Å²) in [5, 5.41) is 11.7. The number of hydrogen-bond acceptors (Lipinski definition) is 4. The van der Waals surface area contributed by atoms with Crippen LogP contribution in [0, 0.1) is 0 Å². The largest absolute Gasteiger partial charge is 0.479 e. The maximum atomic E-state index is 11.6. The molecule has 1 heterocycles. The van der Waals surface area contributed by atoms with Gasteiger partial charge in [0.2, 0.25) is 5.91 Å². The van der Waals surface area contributed by atoms with Crippen LogP contribution in [0.25, 0.3) is 0 Å². The highest BCUT2D eigenvalue weighted by atomic mass is 16.5. The molecule has 2 N–H and O–H groups in total. The van der Waals surface area contributed by atoms with Gasteiger partial charge in [-0.25, -0.2) is 4.79 Å². The molecule has 1 fully saturated rings. The molecule has 6 nitrogen and oxygen atoms in total. The Balaban J connectivity index is 2.35. The Morgan fingerprint density at radius 2 is 2.24 bits per heavy atom. The standard InChI is InChI=1S/C11H19NO5/c1-16-6-3-2-4-9(13)12-11(10(14)15)5-7-17-8-11/h2-8H2,1H3,(H,12,13)(H,14,15). The molecule has 1 amide bonds. The minimum Gasteiger partial charge on any atom is -0.479 e. The number of nitrogens with one attached hydrogen (secondary N) is 1. The van der Waals surface area contributed by atoms with Crippen LogP contribution in [0.4, 0.5) is 0 Å². The zero-order chi connectivity index (χ0) is 12.7. The van der Waals surface area contributed by atoms with E-state index in [-0.39, 0.29) is 12.5 Å². The highest BCUT2D eigenvalue weighted by molar-refractivity contribution is 5.87. The van der Waals surface area contributed by atoms with E-state index in [9.17, 15) is 9.59 Å². The molecule has 1 aliphatic heterocycles. The van der Waals surface area contributed by atoms with Gasteiger partial charge in [0.15, 0.2) is 5.54 Å². The second-order valence-electron chi connectivity index (χ2n) is 4.19. The Hall–Kier alpha value is -1.14. The van der Waals surface area contributed by atoms with Gasteiger partial charge < -0.3 is 19.9 Å². The quantitative estimate of drug-likeness (QED) is 0.624. The van der Waals surface area contributed by atoms with Crippen LogP contribution in [0.15, 0.2) is 0 Å². The van der Waals surface area contributed by atoms with Crippen molar-refractivity contribution in [2.24, 2.45) is 0 Å². The van der Waals surface area contributed by atoms with Crippen LogP contribution >= 0.6 is 0 Å². The van der Waals surface area contributed by atoms with Crippen LogP contribution in [0.1, 0.15) is 25.7 Å². The van der Waals surface area contributed by atoms with Gasteiger partial charge in [-0.3, -0.25) is 4.79 Å². The van der Waals surface area contributed by atoms with Crippen molar-refractivity contribution in [1.29, 1.82) is 0 Å². The van der Waals surface area contributed by atoms with E-state index in [4.69, 9.17) is 14.6 Å². The molecule has 0 aliphatic carbocycles. The number of methoxy groups -OCH3 is 1. The monoisotopic (exact) mass is 245 g/mol. The van der Waals surface area contributed by atoms with Crippen LogP contribution in [0.5, 0.6) is 0 Å². The molecule has 1 rings (SSSR count). The highest BCUT2D eigenvalue weighted by Gasteiger charge is 2.43. The minimum absolute atomic E-state index is 0.0478. The molecular weight excluding hydrogens is 226 g/mol. The molecule has 0 aromatic heterocycles. The number of ether oxygens (including phenoxy) is 2. The Morgan fingerprint density at radius 1 is 1.47 bits per heavy atom. The van der Waals surface area contributed by atoms with Gasteiger partial charge in [0.25, 0.3) is 0 Å². The van der Waals surface area contributed by atoms with Crippen molar-refractivity contribution in [3.05, 3.63) is 0 Å². The van der Waals surface area contributed by atoms with Gasteiger partial charge in [0.05, 0.1) is 6.61 Å². The summed E-state index contributed by atoms with van der Waals surface area (Å²) in [5.41, 5.74) is -1.22. The van der Waals surface area contributed by atoms with Gasteiger partial charge in [0, 0.05) is 33.2 Å². The summed E-state index contributed by atoms with van der Waals surface area (Å²) in [6.45, 7) is 1.03. The average molecular weight is 245 g/mol. The predicted molar refractivity (Wildman–Crippen MR) is 59.7 cm³/mol. The number of carbonyl (C=O) groups excluding carboxylic acids is 1. The molecule has 0 aromatic carbocycles. The summed E-state index contributed by atoms with van der Waals surface area (Å²) >= 11 is 0. The molecule has 0 spiro atoms. The maximum absolute atomic E-state index is 11.6. The number of hydrogen-bond donors (Lipinski definition) is 2. The molecule has 0 saturated carbocycles. The second-order valence-corrected chi connectivity index (χ2v) is 4.19. The number of aliphatic carboxylic acids is 1. The number of rotatable bonds is 7. The first kappa shape index (κ1) is 13.9. The Kier molecular flexibility index (Phi) is 5.37. The van der Waals surface area contributed by atoms with E-state index < -0.39 is 11.5 Å². The molecule has 1 unspecified atom stereocenters. The van der Waals surface area contributed by atoms with E-state index in [1.54, 1.807) is 7.11 Å². The Bertz CT molecular complexity index is 273. The van der Waals surface area contributed by atoms with Crippen molar-refractivity contribution in [2.75, 3.05) is 26.9 Å². The third-order valence-electron chi connectivity index (χ3n) is 2.81. The first-order valence-corrected chi connectivity index (χ1v) is 5.72. The topological polar surface area (TPSA) is 84.9 Å². The molecule has 0 radical (unpaired) electrons. The van der Waals surface area contributed by atoms with Crippen LogP contribution in [-0.2, 0) is 19.1 Å². The fourth-order valence-corrected chi connectivity index (χ4v) is 1.75. The number of carboxylic acid groups (broad SMARTS) is 1. The summed E-state index contributed by atoms with van der Waals surface area (Å²) in [6, 6.07) is 0. The zero-order valence-corrected chi connectivity index (χ0v) is 10.0. The third-order valence-corrected chi connectivity index (χ3v) is 2.81. The van der Waals surface area contributed by atoms with Gasteiger partial charge in [-0.1, -0.05) is 0 Å². The Morgan fingerprint density at radius 3 is 2.76 bits per heavy atom. The smallest absolute Gasteiger partial charge is 0.331 e. The van der Waals surface area contributed by atoms with Gasteiger partial charge in [0.1, 0.15) is 0 Å². The summed E-state index contributed by atoms with van der Waals surface area (Å²) in [4.78, 5) is 22.7. The molecule has 0 bridgehead atoms. The van der Waals surface area contributed by atoms with Gasteiger partial charge in [-0.05, 0) is 12.8 Å². The van der Waals surface area contributed by atoms with Crippen molar-refractivity contribution >= 4 is 11.9 Å². The van der Waals surface area contributed by atoms with Crippen molar-refractivity contribution in [3.8, 4) is 0 Å². The first-order valence-electron chi connectivity index (χ1n) is 5.72. The summed E-state index contributed by atoms with van der Waals surface area (Å²) in [6.07, 6.45) is 2.13. The van der Waals surface area contributed by atoms with Crippen molar-refractivity contribution in [1.82, 2.24) is 5.32 Å². The molecule has 1 aliphatic rings. The SMILES string of the molecule is COCCCCC(=O)NC1(C(=O)O)CCOC1. The fourth-order valence-electron chi connectivity index (χ4n) is 1.75. The number of unbranched alkanes of at least 4 members (excludes halogenated alkanes) is 1. The molecule has 98 valence electrons. The highest BCUT2D eigenvalue weighted by Crippen LogP contribution is 2.19. The van der Waals surface area contributed by atoms with Gasteiger partial charge >= 0.3 is 5.97 Å². The lowest BCUT2D eigenvalue weighted by molar-refractivity contribution is -0.147. The van der Waals surface area contributed by atoms with Gasteiger partial charge in [-0.2, -0.15) is 0 Å². The average Bonchev–Trinajstić information content (AvgIpc) is 2.74. The van der Waals surface area contributed by atoms with E-state index in [0.717, 1.165) is 6.42 Å². The fraction of sp³-hybridized carbons (Fsp3) is 0.818. The first-order chi connectivity index (χ1) is 8.10. The third kappa shape index (κ3) is 3.98. The number of carboxylic acids is 1. The second kappa shape index (κ2) is 6.56. The van der Waals surface area contributed by atoms with E-state index in [1.807, 2.05) is 0 Å². The van der Waals surface area contributed by atoms with Crippen LogP contribution in [0.3, 0.4) is 0 Å². The lowest BCUT2D eigenvalue weighted by atomic mass is 9.98.